The SMILES string of the molecule is CCN(CC)S(=O)(=O)c1ccc(N/N=C/c2ccc(C)s2)c([N+](=O)[O-])c1. The highest BCUT2D eigenvalue weighted by atomic mass is 32.2. The first-order valence-electron chi connectivity index (χ1n) is 7.93. The van der Waals surface area contributed by atoms with Crippen LogP contribution in [0.15, 0.2) is 40.3 Å². The van der Waals surface area contributed by atoms with Crippen molar-refractivity contribution in [1.82, 2.24) is 4.31 Å². The van der Waals surface area contributed by atoms with Gasteiger partial charge >= 0.3 is 0 Å². The molecular formula is C16H20N4O4S2. The van der Waals surface area contributed by atoms with Gasteiger partial charge in [-0.2, -0.15) is 9.41 Å². The van der Waals surface area contributed by atoms with Crippen molar-refractivity contribution in [3.8, 4) is 0 Å². The number of aryl methyl sites for hydroxylation is 1. The maximum absolute atomic E-state index is 12.5. The van der Waals surface area contributed by atoms with Crippen LogP contribution < -0.4 is 5.43 Å². The number of rotatable bonds is 8. The summed E-state index contributed by atoms with van der Waals surface area (Å²) in [6, 6.07) is 7.58. The summed E-state index contributed by atoms with van der Waals surface area (Å²) in [6.45, 7) is 5.97. The van der Waals surface area contributed by atoms with Gasteiger partial charge in [-0.3, -0.25) is 15.5 Å². The van der Waals surface area contributed by atoms with E-state index in [4.69, 9.17) is 0 Å². The Labute approximate surface area is 156 Å². The van der Waals surface area contributed by atoms with Gasteiger partial charge in [0.05, 0.1) is 16.0 Å². The van der Waals surface area contributed by atoms with E-state index in [0.717, 1.165) is 15.8 Å². The van der Waals surface area contributed by atoms with Crippen molar-refractivity contribution < 1.29 is 13.3 Å². The molecule has 0 bridgehead atoms. The fourth-order valence-corrected chi connectivity index (χ4v) is 4.55. The van der Waals surface area contributed by atoms with Crippen LogP contribution in [0.1, 0.15) is 23.6 Å². The molecule has 2 rings (SSSR count). The van der Waals surface area contributed by atoms with Gasteiger partial charge in [0.15, 0.2) is 0 Å². The molecule has 0 saturated carbocycles. The molecule has 0 fully saturated rings. The molecule has 0 amide bonds. The molecule has 10 heteroatoms. The van der Waals surface area contributed by atoms with Gasteiger partial charge in [0.2, 0.25) is 10.0 Å². The molecule has 0 aliphatic carbocycles. The van der Waals surface area contributed by atoms with Crippen molar-refractivity contribution in [2.45, 2.75) is 25.7 Å². The van der Waals surface area contributed by atoms with Crippen molar-refractivity contribution in [2.75, 3.05) is 18.5 Å². The van der Waals surface area contributed by atoms with Crippen molar-refractivity contribution in [2.24, 2.45) is 5.10 Å². The molecule has 8 nitrogen and oxygen atoms in total. The fourth-order valence-electron chi connectivity index (χ4n) is 2.32. The summed E-state index contributed by atoms with van der Waals surface area (Å²) in [5, 5.41) is 15.4. The summed E-state index contributed by atoms with van der Waals surface area (Å²) in [5.41, 5.74) is 2.39. The Morgan fingerprint density at radius 2 is 1.96 bits per heavy atom. The van der Waals surface area contributed by atoms with Gasteiger partial charge in [-0.25, -0.2) is 8.42 Å². The molecule has 0 saturated heterocycles. The summed E-state index contributed by atoms with van der Waals surface area (Å²) in [6.07, 6.45) is 1.56. The molecule has 1 aromatic carbocycles. The number of nitrogens with zero attached hydrogens (tertiary/aromatic N) is 3. The molecule has 140 valence electrons. The number of nitro benzene ring substituents is 1. The second kappa shape index (κ2) is 8.39. The summed E-state index contributed by atoms with van der Waals surface area (Å²) in [7, 11) is -3.77. The summed E-state index contributed by atoms with van der Waals surface area (Å²) < 4.78 is 26.3. The van der Waals surface area contributed by atoms with Crippen LogP contribution >= 0.6 is 11.3 Å². The Morgan fingerprint density at radius 1 is 1.27 bits per heavy atom. The number of hydrogen-bond acceptors (Lipinski definition) is 7. The topological polar surface area (TPSA) is 105 Å². The Bertz CT molecular complexity index is 918. The predicted molar refractivity (Wildman–Crippen MR) is 103 cm³/mol. The number of nitro groups is 1. The molecule has 1 N–H and O–H groups in total. The zero-order valence-electron chi connectivity index (χ0n) is 14.7. The number of thiophene rings is 1. The van der Waals surface area contributed by atoms with Crippen molar-refractivity contribution in [3.63, 3.8) is 0 Å². The number of sulfonamides is 1. The molecule has 0 radical (unpaired) electrons. The molecule has 2 aromatic rings. The largest absolute Gasteiger partial charge is 0.295 e. The molecule has 0 aliphatic heterocycles. The average molecular weight is 396 g/mol. The minimum absolute atomic E-state index is 0.115. The molecule has 0 aliphatic rings. The first kappa shape index (κ1) is 20.0. The van der Waals surface area contributed by atoms with E-state index in [1.807, 2.05) is 19.1 Å². The Balaban J connectivity index is 2.31. The van der Waals surface area contributed by atoms with Crippen molar-refractivity contribution in [1.29, 1.82) is 0 Å². The predicted octanol–water partition coefficient (Wildman–Crippen LogP) is 3.44. The first-order valence-corrected chi connectivity index (χ1v) is 10.2. The second-order valence-corrected chi connectivity index (χ2v) is 8.60. The quantitative estimate of drug-likeness (QED) is 0.418. The minimum Gasteiger partial charge on any atom is -0.272 e. The zero-order valence-corrected chi connectivity index (χ0v) is 16.3. The molecular weight excluding hydrogens is 376 g/mol. The third-order valence-electron chi connectivity index (χ3n) is 3.65. The molecule has 26 heavy (non-hydrogen) atoms. The standard InChI is InChI=1S/C16H20N4O4S2/c1-4-19(5-2)26(23,24)14-8-9-15(16(10-14)20(21)22)18-17-11-13-7-6-12(3)25-13/h6-11,18H,4-5H2,1-3H3/b17-11+. The Kier molecular flexibility index (Phi) is 6.46. The van der Waals surface area contributed by atoms with Crippen LogP contribution in [0.3, 0.4) is 0 Å². The van der Waals surface area contributed by atoms with Crippen LogP contribution in [0.25, 0.3) is 0 Å². The van der Waals surface area contributed by atoms with Crippen LogP contribution in [0.2, 0.25) is 0 Å². The van der Waals surface area contributed by atoms with Crippen LogP contribution in [0.4, 0.5) is 11.4 Å². The van der Waals surface area contributed by atoms with E-state index in [2.05, 4.69) is 10.5 Å². The van der Waals surface area contributed by atoms with Crippen LogP contribution in [0, 0.1) is 17.0 Å². The van der Waals surface area contributed by atoms with Gasteiger partial charge in [0, 0.05) is 28.9 Å². The Morgan fingerprint density at radius 3 is 2.50 bits per heavy atom. The highest BCUT2D eigenvalue weighted by Gasteiger charge is 2.25. The van der Waals surface area contributed by atoms with E-state index >= 15 is 0 Å². The number of benzene rings is 1. The first-order chi connectivity index (χ1) is 12.3. The maximum atomic E-state index is 12.5. The lowest BCUT2D eigenvalue weighted by Crippen LogP contribution is -2.30. The van der Waals surface area contributed by atoms with Gasteiger partial charge in [-0.15, -0.1) is 11.3 Å². The van der Waals surface area contributed by atoms with E-state index in [1.165, 1.54) is 27.8 Å². The molecule has 1 aromatic heterocycles. The fraction of sp³-hybridized carbons (Fsp3) is 0.312. The summed E-state index contributed by atoms with van der Waals surface area (Å²) >= 11 is 1.54. The molecule has 0 spiro atoms. The maximum Gasteiger partial charge on any atom is 0.295 e. The molecule has 0 atom stereocenters. The number of anilines is 1. The lowest BCUT2D eigenvalue weighted by atomic mass is 10.3. The van der Waals surface area contributed by atoms with Crippen molar-refractivity contribution in [3.05, 3.63) is 50.2 Å². The summed E-state index contributed by atoms with van der Waals surface area (Å²) in [4.78, 5) is 12.6. The smallest absolute Gasteiger partial charge is 0.272 e. The van der Waals surface area contributed by atoms with E-state index in [-0.39, 0.29) is 29.4 Å². The summed E-state index contributed by atoms with van der Waals surface area (Å²) in [5.74, 6) is 0. The zero-order chi connectivity index (χ0) is 19.3. The second-order valence-electron chi connectivity index (χ2n) is 5.34. The van der Waals surface area contributed by atoms with Gasteiger partial charge < -0.3 is 0 Å². The van der Waals surface area contributed by atoms with Crippen LogP contribution in [-0.4, -0.2) is 37.0 Å². The third-order valence-corrected chi connectivity index (χ3v) is 6.63. The van der Waals surface area contributed by atoms with Crippen LogP contribution in [0.5, 0.6) is 0 Å². The lowest BCUT2D eigenvalue weighted by Gasteiger charge is -2.18. The molecule has 0 unspecified atom stereocenters. The van der Waals surface area contributed by atoms with E-state index in [9.17, 15) is 18.5 Å². The third kappa shape index (κ3) is 4.45. The van der Waals surface area contributed by atoms with E-state index in [0.29, 0.717) is 0 Å². The number of nitrogens with one attached hydrogen (secondary N) is 1. The normalized spacial score (nSPS) is 12.0. The van der Waals surface area contributed by atoms with Crippen molar-refractivity contribution >= 4 is 38.9 Å². The van der Waals surface area contributed by atoms with Gasteiger partial charge in [-0.1, -0.05) is 13.8 Å². The number of hydrazone groups is 1. The monoisotopic (exact) mass is 396 g/mol. The Hall–Kier alpha value is -2.30. The minimum atomic E-state index is -3.77. The highest BCUT2D eigenvalue weighted by molar-refractivity contribution is 7.89. The number of hydrogen-bond donors (Lipinski definition) is 1. The van der Waals surface area contributed by atoms with Crippen LogP contribution in [-0.2, 0) is 10.0 Å². The average Bonchev–Trinajstić information content (AvgIpc) is 3.01. The van der Waals surface area contributed by atoms with Gasteiger partial charge in [0.25, 0.3) is 5.69 Å². The highest BCUT2D eigenvalue weighted by Crippen LogP contribution is 2.29. The van der Waals surface area contributed by atoms with Gasteiger partial charge in [-0.05, 0) is 31.2 Å². The van der Waals surface area contributed by atoms with E-state index < -0.39 is 14.9 Å². The van der Waals surface area contributed by atoms with E-state index in [1.54, 1.807) is 20.1 Å². The molecule has 1 heterocycles. The lowest BCUT2D eigenvalue weighted by molar-refractivity contribution is -0.384. The van der Waals surface area contributed by atoms with Gasteiger partial charge in [0.1, 0.15) is 5.69 Å².